The molecule has 4 heteroatoms. The summed E-state index contributed by atoms with van der Waals surface area (Å²) in [6.07, 6.45) is 0. The molecule has 0 bridgehead atoms. The van der Waals surface area contributed by atoms with Crippen molar-refractivity contribution in [3.63, 3.8) is 0 Å². The number of anilines is 2. The molecule has 4 nitrogen and oxygen atoms in total. The van der Waals surface area contributed by atoms with Gasteiger partial charge < -0.3 is 15.5 Å². The second-order valence-electron chi connectivity index (χ2n) is 5.13. The predicted molar refractivity (Wildman–Crippen MR) is 87.9 cm³/mol. The largest absolute Gasteiger partial charge is 0.378 e. The molecule has 0 unspecified atom stereocenters. The number of amides is 1. The summed E-state index contributed by atoms with van der Waals surface area (Å²) in [5.74, 6) is -0.0972. The normalized spacial score (nSPS) is 10.2. The molecular weight excluding hydrogens is 262 g/mol. The Hall–Kier alpha value is -2.33. The predicted octanol–water partition coefficient (Wildman–Crippen LogP) is 2.72. The zero-order chi connectivity index (χ0) is 15.2. The molecule has 0 saturated carbocycles. The molecule has 0 fully saturated rings. The highest BCUT2D eigenvalue weighted by Crippen LogP contribution is 2.16. The third-order valence-electron chi connectivity index (χ3n) is 3.22. The van der Waals surface area contributed by atoms with Crippen LogP contribution >= 0.6 is 0 Å². The van der Waals surface area contributed by atoms with Crippen molar-refractivity contribution in [1.29, 1.82) is 0 Å². The molecule has 2 rings (SSSR count). The maximum atomic E-state index is 12.3. The molecule has 2 N–H and O–H groups in total. The van der Waals surface area contributed by atoms with Crippen LogP contribution in [0, 0.1) is 0 Å². The average Bonchev–Trinajstić information content (AvgIpc) is 2.49. The lowest BCUT2D eigenvalue weighted by Gasteiger charge is -2.13. The molecule has 0 aromatic heterocycles. The van der Waals surface area contributed by atoms with Gasteiger partial charge in [-0.15, -0.1) is 0 Å². The Morgan fingerprint density at radius 3 is 2.43 bits per heavy atom. The topological polar surface area (TPSA) is 44.4 Å². The molecule has 0 aliphatic rings. The van der Waals surface area contributed by atoms with Crippen LogP contribution in [-0.4, -0.2) is 27.1 Å². The fourth-order valence-corrected chi connectivity index (χ4v) is 2.04. The Morgan fingerprint density at radius 2 is 1.81 bits per heavy atom. The molecule has 2 aromatic rings. The first-order valence-corrected chi connectivity index (χ1v) is 6.92. The van der Waals surface area contributed by atoms with Crippen LogP contribution in [0.4, 0.5) is 11.4 Å². The number of benzene rings is 2. The van der Waals surface area contributed by atoms with E-state index in [-0.39, 0.29) is 5.91 Å². The molecule has 0 radical (unpaired) electrons. The van der Waals surface area contributed by atoms with Crippen LogP contribution in [0.3, 0.4) is 0 Å². The van der Waals surface area contributed by atoms with Gasteiger partial charge in [0.15, 0.2) is 0 Å². The van der Waals surface area contributed by atoms with Gasteiger partial charge in [-0.1, -0.05) is 18.2 Å². The average molecular weight is 283 g/mol. The molecule has 0 heterocycles. The van der Waals surface area contributed by atoms with E-state index in [2.05, 4.69) is 10.6 Å². The van der Waals surface area contributed by atoms with Gasteiger partial charge in [0.25, 0.3) is 5.91 Å². The Kier molecular flexibility index (Phi) is 4.95. The number of hydrogen-bond donors (Lipinski definition) is 2. The summed E-state index contributed by atoms with van der Waals surface area (Å²) in [6, 6.07) is 15.4. The number of carbonyl (C=O) groups is 1. The van der Waals surface area contributed by atoms with Crippen LogP contribution in [0.5, 0.6) is 0 Å². The van der Waals surface area contributed by atoms with E-state index < -0.39 is 0 Å². The van der Waals surface area contributed by atoms with Crippen LogP contribution in [0.1, 0.15) is 15.9 Å². The number of carbonyl (C=O) groups excluding carboxylic acids is 1. The van der Waals surface area contributed by atoms with Crippen molar-refractivity contribution >= 4 is 17.3 Å². The molecule has 0 aliphatic heterocycles. The van der Waals surface area contributed by atoms with Gasteiger partial charge in [-0.2, -0.15) is 0 Å². The summed E-state index contributed by atoms with van der Waals surface area (Å²) >= 11 is 0. The third-order valence-corrected chi connectivity index (χ3v) is 3.22. The third kappa shape index (κ3) is 4.07. The van der Waals surface area contributed by atoms with E-state index >= 15 is 0 Å². The minimum Gasteiger partial charge on any atom is -0.378 e. The van der Waals surface area contributed by atoms with E-state index in [1.807, 2.05) is 74.6 Å². The second kappa shape index (κ2) is 6.90. The first-order chi connectivity index (χ1) is 10.1. The Bertz CT molecular complexity index is 606. The van der Waals surface area contributed by atoms with Gasteiger partial charge in [0.1, 0.15) is 0 Å². The number of nitrogens with zero attached hydrogens (tertiary/aromatic N) is 1. The fourth-order valence-electron chi connectivity index (χ4n) is 2.04. The van der Waals surface area contributed by atoms with E-state index in [0.29, 0.717) is 5.56 Å². The molecule has 1 amide bonds. The molecule has 0 saturated heterocycles. The molecule has 0 aliphatic carbocycles. The Morgan fingerprint density at radius 1 is 1.10 bits per heavy atom. The van der Waals surface area contributed by atoms with E-state index in [0.717, 1.165) is 17.9 Å². The SMILES string of the molecule is CNCc1ccc(NC(=O)c2cccc(N(C)C)c2)cc1. The number of hydrogen-bond acceptors (Lipinski definition) is 3. The Balaban J connectivity index is 2.08. The highest BCUT2D eigenvalue weighted by atomic mass is 16.1. The zero-order valence-corrected chi connectivity index (χ0v) is 12.7. The Labute approximate surface area is 125 Å². The summed E-state index contributed by atoms with van der Waals surface area (Å²) in [7, 11) is 5.82. The first kappa shape index (κ1) is 15.1. The van der Waals surface area contributed by atoms with Crippen LogP contribution in [0.2, 0.25) is 0 Å². The van der Waals surface area contributed by atoms with Gasteiger partial charge in [-0.3, -0.25) is 4.79 Å². The standard InChI is InChI=1S/C17H21N3O/c1-18-12-13-7-9-15(10-8-13)19-17(21)14-5-4-6-16(11-14)20(2)3/h4-11,18H,12H2,1-3H3,(H,19,21). The van der Waals surface area contributed by atoms with Crippen LogP contribution in [0.25, 0.3) is 0 Å². The quantitative estimate of drug-likeness (QED) is 0.887. The van der Waals surface area contributed by atoms with E-state index in [1.54, 1.807) is 0 Å². The van der Waals surface area contributed by atoms with Crippen molar-refractivity contribution in [1.82, 2.24) is 5.32 Å². The number of rotatable bonds is 5. The van der Waals surface area contributed by atoms with Gasteiger partial charge in [-0.05, 0) is 42.9 Å². The van der Waals surface area contributed by atoms with Crippen molar-refractivity contribution in [3.05, 3.63) is 59.7 Å². The van der Waals surface area contributed by atoms with Gasteiger partial charge >= 0.3 is 0 Å². The van der Waals surface area contributed by atoms with Gasteiger partial charge in [0.05, 0.1) is 0 Å². The van der Waals surface area contributed by atoms with Crippen molar-refractivity contribution < 1.29 is 4.79 Å². The summed E-state index contributed by atoms with van der Waals surface area (Å²) in [6.45, 7) is 0.819. The van der Waals surface area contributed by atoms with Crippen LogP contribution in [-0.2, 0) is 6.54 Å². The molecule has 21 heavy (non-hydrogen) atoms. The van der Waals surface area contributed by atoms with Gasteiger partial charge in [-0.25, -0.2) is 0 Å². The summed E-state index contributed by atoms with van der Waals surface area (Å²) in [4.78, 5) is 14.2. The van der Waals surface area contributed by atoms with Gasteiger partial charge in [0, 0.05) is 37.6 Å². The lowest BCUT2D eigenvalue weighted by Crippen LogP contribution is -2.14. The highest BCUT2D eigenvalue weighted by Gasteiger charge is 2.07. The summed E-state index contributed by atoms with van der Waals surface area (Å²) in [5, 5.41) is 6.01. The van der Waals surface area contributed by atoms with Crippen molar-refractivity contribution in [2.75, 3.05) is 31.4 Å². The molecule has 0 spiro atoms. The fraction of sp³-hybridized carbons (Fsp3) is 0.235. The minimum absolute atomic E-state index is 0.0972. The molecule has 0 atom stereocenters. The summed E-state index contributed by atoms with van der Waals surface area (Å²) < 4.78 is 0. The maximum Gasteiger partial charge on any atom is 0.255 e. The van der Waals surface area contributed by atoms with Crippen LogP contribution in [0.15, 0.2) is 48.5 Å². The molecular formula is C17H21N3O. The van der Waals surface area contributed by atoms with E-state index in [9.17, 15) is 4.79 Å². The van der Waals surface area contributed by atoms with Crippen molar-refractivity contribution in [2.45, 2.75) is 6.54 Å². The minimum atomic E-state index is -0.0972. The maximum absolute atomic E-state index is 12.3. The summed E-state index contributed by atoms with van der Waals surface area (Å²) in [5.41, 5.74) is 3.65. The lowest BCUT2D eigenvalue weighted by atomic mass is 10.1. The lowest BCUT2D eigenvalue weighted by molar-refractivity contribution is 0.102. The smallest absolute Gasteiger partial charge is 0.255 e. The van der Waals surface area contributed by atoms with E-state index in [1.165, 1.54) is 5.56 Å². The molecule has 110 valence electrons. The van der Waals surface area contributed by atoms with Crippen molar-refractivity contribution in [2.24, 2.45) is 0 Å². The van der Waals surface area contributed by atoms with Crippen molar-refractivity contribution in [3.8, 4) is 0 Å². The molecule has 2 aromatic carbocycles. The van der Waals surface area contributed by atoms with E-state index in [4.69, 9.17) is 0 Å². The monoisotopic (exact) mass is 283 g/mol. The second-order valence-corrected chi connectivity index (χ2v) is 5.13. The first-order valence-electron chi connectivity index (χ1n) is 6.92. The van der Waals surface area contributed by atoms with Crippen LogP contribution < -0.4 is 15.5 Å². The zero-order valence-electron chi connectivity index (χ0n) is 12.7. The highest BCUT2D eigenvalue weighted by molar-refractivity contribution is 6.04. The number of nitrogens with one attached hydrogen (secondary N) is 2. The van der Waals surface area contributed by atoms with Gasteiger partial charge in [0.2, 0.25) is 0 Å².